The SMILES string of the molecule is CCc1c(Cl)nc(C)nc1NCc1ccnc2ccnn12. The lowest BCUT2D eigenvalue weighted by atomic mass is 10.2. The second-order valence-corrected chi connectivity index (χ2v) is 4.99. The molecule has 3 rings (SSSR count). The van der Waals surface area contributed by atoms with E-state index in [1.807, 2.05) is 26.0 Å². The Morgan fingerprint density at radius 3 is 2.90 bits per heavy atom. The van der Waals surface area contributed by atoms with E-state index in [-0.39, 0.29) is 0 Å². The van der Waals surface area contributed by atoms with Gasteiger partial charge in [-0.25, -0.2) is 19.5 Å². The van der Waals surface area contributed by atoms with Gasteiger partial charge in [0.05, 0.1) is 18.4 Å². The Morgan fingerprint density at radius 1 is 1.24 bits per heavy atom. The van der Waals surface area contributed by atoms with Crippen molar-refractivity contribution in [2.24, 2.45) is 0 Å². The van der Waals surface area contributed by atoms with Crippen LogP contribution in [-0.2, 0) is 13.0 Å². The third kappa shape index (κ3) is 2.67. The number of hydrogen-bond acceptors (Lipinski definition) is 5. The number of hydrogen-bond donors (Lipinski definition) is 1. The van der Waals surface area contributed by atoms with Crippen LogP contribution in [0.3, 0.4) is 0 Å². The summed E-state index contributed by atoms with van der Waals surface area (Å²) >= 11 is 6.18. The monoisotopic (exact) mass is 302 g/mol. The molecule has 0 fully saturated rings. The van der Waals surface area contributed by atoms with Crippen molar-refractivity contribution in [3.63, 3.8) is 0 Å². The van der Waals surface area contributed by atoms with Crippen LogP contribution in [0.2, 0.25) is 5.15 Å². The molecule has 0 atom stereocenters. The van der Waals surface area contributed by atoms with Gasteiger partial charge in [0.15, 0.2) is 5.65 Å². The number of anilines is 1. The average molecular weight is 303 g/mol. The second-order valence-electron chi connectivity index (χ2n) is 4.63. The molecule has 0 saturated heterocycles. The molecule has 7 heteroatoms. The molecule has 0 aliphatic heterocycles. The van der Waals surface area contributed by atoms with Crippen molar-refractivity contribution in [1.82, 2.24) is 24.6 Å². The Hall–Kier alpha value is -2.21. The minimum atomic E-state index is 0.506. The predicted molar refractivity (Wildman–Crippen MR) is 81.5 cm³/mol. The lowest BCUT2D eigenvalue weighted by Crippen LogP contribution is -2.10. The van der Waals surface area contributed by atoms with Crippen LogP contribution in [0.1, 0.15) is 24.0 Å². The van der Waals surface area contributed by atoms with Crippen LogP contribution in [0.15, 0.2) is 24.5 Å². The summed E-state index contributed by atoms with van der Waals surface area (Å²) in [5, 5.41) is 8.09. The van der Waals surface area contributed by atoms with Gasteiger partial charge in [-0.15, -0.1) is 0 Å². The van der Waals surface area contributed by atoms with Gasteiger partial charge in [0.2, 0.25) is 0 Å². The summed E-state index contributed by atoms with van der Waals surface area (Å²) in [7, 11) is 0. The van der Waals surface area contributed by atoms with E-state index in [1.165, 1.54) is 0 Å². The maximum Gasteiger partial charge on any atom is 0.155 e. The number of aromatic nitrogens is 5. The van der Waals surface area contributed by atoms with E-state index in [0.29, 0.717) is 17.5 Å². The van der Waals surface area contributed by atoms with Gasteiger partial charge < -0.3 is 5.32 Å². The van der Waals surface area contributed by atoms with Crippen molar-refractivity contribution in [3.8, 4) is 0 Å². The summed E-state index contributed by atoms with van der Waals surface area (Å²) < 4.78 is 1.80. The predicted octanol–water partition coefficient (Wildman–Crippen LogP) is 2.66. The van der Waals surface area contributed by atoms with Crippen molar-refractivity contribution in [1.29, 1.82) is 0 Å². The molecule has 0 radical (unpaired) electrons. The molecular weight excluding hydrogens is 288 g/mol. The molecule has 0 spiro atoms. The molecule has 6 nitrogen and oxygen atoms in total. The van der Waals surface area contributed by atoms with E-state index in [0.717, 1.165) is 29.1 Å². The fourth-order valence-corrected chi connectivity index (χ4v) is 2.56. The first-order valence-corrected chi connectivity index (χ1v) is 7.11. The standard InChI is InChI=1S/C14H15ClN6/c1-3-11-13(15)19-9(2)20-14(11)17-8-10-4-6-16-12-5-7-18-21(10)12/h4-7H,3,8H2,1-2H3,(H,17,19,20). The van der Waals surface area contributed by atoms with Crippen LogP contribution in [0.4, 0.5) is 5.82 Å². The van der Waals surface area contributed by atoms with E-state index >= 15 is 0 Å². The van der Waals surface area contributed by atoms with Crippen molar-refractivity contribution < 1.29 is 0 Å². The smallest absolute Gasteiger partial charge is 0.155 e. The summed E-state index contributed by atoms with van der Waals surface area (Å²) in [5.74, 6) is 1.42. The van der Waals surface area contributed by atoms with Crippen LogP contribution < -0.4 is 5.32 Å². The Kier molecular flexibility index (Phi) is 3.70. The molecule has 0 bridgehead atoms. The Labute approximate surface area is 127 Å². The normalized spacial score (nSPS) is 11.0. The van der Waals surface area contributed by atoms with E-state index < -0.39 is 0 Å². The highest BCUT2D eigenvalue weighted by Gasteiger charge is 2.10. The molecule has 1 N–H and O–H groups in total. The fraction of sp³-hybridized carbons (Fsp3) is 0.286. The second kappa shape index (κ2) is 5.65. The van der Waals surface area contributed by atoms with E-state index in [2.05, 4.69) is 25.4 Å². The van der Waals surface area contributed by atoms with Gasteiger partial charge in [-0.2, -0.15) is 5.10 Å². The molecule has 3 aromatic rings. The summed E-state index contributed by atoms with van der Waals surface area (Å²) in [6, 6.07) is 3.79. The van der Waals surface area contributed by atoms with Gasteiger partial charge in [-0.3, -0.25) is 0 Å². The average Bonchev–Trinajstić information content (AvgIpc) is 2.93. The first-order valence-electron chi connectivity index (χ1n) is 6.73. The van der Waals surface area contributed by atoms with Crippen molar-refractivity contribution in [2.75, 3.05) is 5.32 Å². The highest BCUT2D eigenvalue weighted by atomic mass is 35.5. The molecule has 21 heavy (non-hydrogen) atoms. The van der Waals surface area contributed by atoms with Crippen LogP contribution in [-0.4, -0.2) is 24.6 Å². The maximum absolute atomic E-state index is 6.18. The highest BCUT2D eigenvalue weighted by molar-refractivity contribution is 6.30. The molecule has 0 aliphatic carbocycles. The van der Waals surface area contributed by atoms with E-state index in [9.17, 15) is 0 Å². The van der Waals surface area contributed by atoms with Crippen molar-refractivity contribution in [2.45, 2.75) is 26.8 Å². The Bertz CT molecular complexity index is 782. The Balaban J connectivity index is 1.90. The summed E-state index contributed by atoms with van der Waals surface area (Å²) in [5.41, 5.74) is 2.74. The number of aryl methyl sites for hydroxylation is 1. The number of nitrogens with one attached hydrogen (secondary N) is 1. The zero-order valence-electron chi connectivity index (χ0n) is 11.8. The first-order chi connectivity index (χ1) is 10.2. The van der Waals surface area contributed by atoms with Crippen LogP contribution in [0, 0.1) is 6.92 Å². The summed E-state index contributed by atoms with van der Waals surface area (Å²) in [6.07, 6.45) is 4.27. The molecule has 0 saturated carbocycles. The molecule has 3 aromatic heterocycles. The molecule has 108 valence electrons. The third-order valence-corrected chi connectivity index (χ3v) is 3.54. The van der Waals surface area contributed by atoms with Gasteiger partial charge in [-0.05, 0) is 19.4 Å². The van der Waals surface area contributed by atoms with Gasteiger partial charge in [-0.1, -0.05) is 18.5 Å². The number of rotatable bonds is 4. The number of halogens is 1. The minimum Gasteiger partial charge on any atom is -0.364 e. The van der Waals surface area contributed by atoms with Gasteiger partial charge in [0.1, 0.15) is 16.8 Å². The van der Waals surface area contributed by atoms with Crippen LogP contribution in [0.5, 0.6) is 0 Å². The first kappa shape index (κ1) is 13.8. The maximum atomic E-state index is 6.18. The molecule has 0 aliphatic rings. The topological polar surface area (TPSA) is 68.0 Å². The van der Waals surface area contributed by atoms with Gasteiger partial charge >= 0.3 is 0 Å². The third-order valence-electron chi connectivity index (χ3n) is 3.23. The largest absolute Gasteiger partial charge is 0.364 e. The van der Waals surface area contributed by atoms with Crippen molar-refractivity contribution in [3.05, 3.63) is 46.8 Å². The Morgan fingerprint density at radius 2 is 2.10 bits per heavy atom. The molecule has 3 heterocycles. The molecule has 0 aromatic carbocycles. The zero-order chi connectivity index (χ0) is 14.8. The van der Waals surface area contributed by atoms with Crippen LogP contribution >= 0.6 is 11.6 Å². The van der Waals surface area contributed by atoms with Gasteiger partial charge in [0, 0.05) is 17.8 Å². The summed E-state index contributed by atoms with van der Waals surface area (Å²) in [6.45, 7) is 4.44. The lowest BCUT2D eigenvalue weighted by Gasteiger charge is -2.12. The minimum absolute atomic E-state index is 0.506. The van der Waals surface area contributed by atoms with E-state index in [1.54, 1.807) is 16.9 Å². The van der Waals surface area contributed by atoms with Crippen LogP contribution in [0.25, 0.3) is 5.65 Å². The zero-order valence-corrected chi connectivity index (χ0v) is 12.6. The number of nitrogens with zero attached hydrogens (tertiary/aromatic N) is 5. The molecule has 0 unspecified atom stereocenters. The fourth-order valence-electron chi connectivity index (χ4n) is 2.21. The number of fused-ring (bicyclic) bond motifs is 1. The lowest BCUT2D eigenvalue weighted by molar-refractivity contribution is 0.847. The van der Waals surface area contributed by atoms with E-state index in [4.69, 9.17) is 11.6 Å². The summed E-state index contributed by atoms with van der Waals surface area (Å²) in [4.78, 5) is 12.9. The van der Waals surface area contributed by atoms with Gasteiger partial charge in [0.25, 0.3) is 0 Å². The highest BCUT2D eigenvalue weighted by Crippen LogP contribution is 2.22. The quantitative estimate of drug-likeness (QED) is 0.750. The molecule has 0 amide bonds. The van der Waals surface area contributed by atoms with Crippen molar-refractivity contribution >= 4 is 23.1 Å². The molecular formula is C14H15ClN6.